The first kappa shape index (κ1) is 15.4. The van der Waals surface area contributed by atoms with Crippen LogP contribution in [0.5, 0.6) is 5.75 Å². The zero-order valence-electron chi connectivity index (χ0n) is 11.2. The number of carbonyl (C=O) groups is 1. The molecule has 1 aromatic carbocycles. The molecule has 0 aliphatic rings. The van der Waals surface area contributed by atoms with Crippen molar-refractivity contribution < 1.29 is 9.53 Å². The van der Waals surface area contributed by atoms with Gasteiger partial charge in [-0.2, -0.15) is 17.0 Å². The van der Waals surface area contributed by atoms with Crippen molar-refractivity contribution in [2.45, 2.75) is 19.9 Å². The predicted molar refractivity (Wildman–Crippen MR) is 77.3 cm³/mol. The third-order valence-electron chi connectivity index (χ3n) is 2.35. The van der Waals surface area contributed by atoms with E-state index in [1.165, 1.54) is 0 Å². The molecular weight excluding hydrogens is 260 g/mol. The molecule has 102 valence electrons. The first-order valence-corrected chi connectivity index (χ1v) is 7.31. The largest absolute Gasteiger partial charge is 0.482 e. The number of ether oxygens (including phenoxy) is 1. The highest BCUT2D eigenvalue weighted by Crippen LogP contribution is 2.16. The second-order valence-electron chi connectivity index (χ2n) is 4.02. The van der Waals surface area contributed by atoms with E-state index in [0.717, 1.165) is 11.5 Å². The molecule has 0 saturated heterocycles. The van der Waals surface area contributed by atoms with Crippen molar-refractivity contribution in [1.29, 1.82) is 5.26 Å². The highest BCUT2D eigenvalue weighted by Gasteiger charge is 2.09. The van der Waals surface area contributed by atoms with Crippen LogP contribution in [-0.4, -0.2) is 30.1 Å². The number of hydrogen-bond donors (Lipinski definition) is 1. The van der Waals surface area contributed by atoms with E-state index in [1.807, 2.05) is 13.0 Å². The quantitative estimate of drug-likeness (QED) is 0.830. The van der Waals surface area contributed by atoms with E-state index in [1.54, 1.807) is 36.0 Å². The molecule has 0 fully saturated rings. The molecule has 0 saturated carbocycles. The average molecular weight is 278 g/mol. The average Bonchev–Trinajstić information content (AvgIpc) is 2.43. The summed E-state index contributed by atoms with van der Waals surface area (Å²) in [6, 6.07) is 9.02. The summed E-state index contributed by atoms with van der Waals surface area (Å²) in [6.07, 6.45) is 0. The first-order chi connectivity index (χ1) is 9.17. The molecule has 0 radical (unpaired) electrons. The van der Waals surface area contributed by atoms with Gasteiger partial charge >= 0.3 is 0 Å². The minimum absolute atomic E-state index is 0.0696. The molecule has 5 heteroatoms. The van der Waals surface area contributed by atoms with Gasteiger partial charge in [0.15, 0.2) is 6.61 Å². The second-order valence-corrected chi connectivity index (χ2v) is 5.34. The van der Waals surface area contributed by atoms with E-state index in [-0.39, 0.29) is 18.6 Å². The lowest BCUT2D eigenvalue weighted by atomic mass is 10.2. The minimum Gasteiger partial charge on any atom is -0.482 e. The molecule has 1 rings (SSSR count). The lowest BCUT2D eigenvalue weighted by molar-refractivity contribution is -0.123. The molecule has 1 amide bonds. The predicted octanol–water partition coefficient (Wildman–Crippen LogP) is 2.19. The number of benzene rings is 1. The maximum absolute atomic E-state index is 11.7. The molecule has 1 atom stereocenters. The van der Waals surface area contributed by atoms with Gasteiger partial charge in [0.2, 0.25) is 0 Å². The zero-order chi connectivity index (χ0) is 14.1. The molecule has 19 heavy (non-hydrogen) atoms. The maximum Gasteiger partial charge on any atom is 0.258 e. The van der Waals surface area contributed by atoms with Crippen LogP contribution in [0.15, 0.2) is 24.3 Å². The van der Waals surface area contributed by atoms with Crippen LogP contribution in [-0.2, 0) is 4.79 Å². The first-order valence-electron chi connectivity index (χ1n) is 6.16. The van der Waals surface area contributed by atoms with Crippen LogP contribution >= 0.6 is 11.8 Å². The van der Waals surface area contributed by atoms with E-state index in [0.29, 0.717) is 11.3 Å². The second kappa shape index (κ2) is 8.44. The number of nitrogens with zero attached hydrogens (tertiary/aromatic N) is 1. The molecule has 1 unspecified atom stereocenters. The topological polar surface area (TPSA) is 62.1 Å². The number of nitrogens with one attached hydrogen (secondary N) is 1. The summed E-state index contributed by atoms with van der Waals surface area (Å²) >= 11 is 1.78. The van der Waals surface area contributed by atoms with Gasteiger partial charge < -0.3 is 10.1 Å². The normalized spacial score (nSPS) is 11.4. The molecule has 0 aromatic heterocycles. The van der Waals surface area contributed by atoms with E-state index in [2.05, 4.69) is 12.2 Å². The van der Waals surface area contributed by atoms with E-state index in [9.17, 15) is 4.79 Å². The Balaban J connectivity index is 2.40. The summed E-state index contributed by atoms with van der Waals surface area (Å²) in [5.74, 6) is 2.19. The number of nitriles is 1. The molecule has 0 heterocycles. The van der Waals surface area contributed by atoms with Crippen molar-refractivity contribution in [2.24, 2.45) is 0 Å². The summed E-state index contributed by atoms with van der Waals surface area (Å²) in [7, 11) is 0. The Kier molecular flexibility index (Phi) is 6.83. The number of rotatable bonds is 7. The highest BCUT2D eigenvalue weighted by atomic mass is 32.2. The smallest absolute Gasteiger partial charge is 0.258 e. The maximum atomic E-state index is 11.7. The third-order valence-corrected chi connectivity index (χ3v) is 3.49. The Hall–Kier alpha value is -1.67. The Labute approximate surface area is 118 Å². The summed E-state index contributed by atoms with van der Waals surface area (Å²) < 4.78 is 5.35. The fourth-order valence-corrected chi connectivity index (χ4v) is 2.15. The standard InChI is InChI=1S/C14H18N2O2S/c1-3-19-10-11(2)16-14(17)9-18-13-7-5-4-6-12(13)8-15/h4-7,11H,3,9-10H2,1-2H3,(H,16,17). The molecule has 0 aliphatic carbocycles. The number of thioether (sulfide) groups is 1. The van der Waals surface area contributed by atoms with Crippen molar-refractivity contribution in [3.63, 3.8) is 0 Å². The molecule has 0 bridgehead atoms. The van der Waals surface area contributed by atoms with Crippen LogP contribution in [0.25, 0.3) is 0 Å². The van der Waals surface area contributed by atoms with Crippen LogP contribution < -0.4 is 10.1 Å². The van der Waals surface area contributed by atoms with E-state index < -0.39 is 0 Å². The van der Waals surface area contributed by atoms with Crippen LogP contribution in [0.2, 0.25) is 0 Å². The Morgan fingerprint density at radius 1 is 1.53 bits per heavy atom. The Morgan fingerprint density at radius 2 is 2.26 bits per heavy atom. The Bertz CT molecular complexity index is 457. The molecule has 1 aromatic rings. The van der Waals surface area contributed by atoms with Gasteiger partial charge in [0.25, 0.3) is 5.91 Å². The van der Waals surface area contributed by atoms with Gasteiger partial charge in [-0.25, -0.2) is 0 Å². The monoisotopic (exact) mass is 278 g/mol. The summed E-state index contributed by atoms with van der Waals surface area (Å²) in [5, 5.41) is 11.7. The lowest BCUT2D eigenvalue weighted by Crippen LogP contribution is -2.37. The highest BCUT2D eigenvalue weighted by molar-refractivity contribution is 7.99. The van der Waals surface area contributed by atoms with Crippen LogP contribution in [0.4, 0.5) is 0 Å². The van der Waals surface area contributed by atoms with Gasteiger partial charge in [-0.1, -0.05) is 19.1 Å². The molecular formula is C14H18N2O2S. The van der Waals surface area contributed by atoms with Gasteiger partial charge in [-0.05, 0) is 24.8 Å². The summed E-state index contributed by atoms with van der Waals surface area (Å²) in [4.78, 5) is 11.7. The van der Waals surface area contributed by atoms with Gasteiger partial charge in [0.1, 0.15) is 11.8 Å². The summed E-state index contributed by atoms with van der Waals surface area (Å²) in [6.45, 7) is 3.98. The van der Waals surface area contributed by atoms with Crippen LogP contribution in [0, 0.1) is 11.3 Å². The molecule has 0 spiro atoms. The Morgan fingerprint density at radius 3 is 2.95 bits per heavy atom. The fraction of sp³-hybridized carbons (Fsp3) is 0.429. The van der Waals surface area contributed by atoms with Crippen LogP contribution in [0.1, 0.15) is 19.4 Å². The van der Waals surface area contributed by atoms with Crippen molar-refractivity contribution in [2.75, 3.05) is 18.1 Å². The number of carbonyl (C=O) groups excluding carboxylic acids is 1. The van der Waals surface area contributed by atoms with Gasteiger partial charge in [-0.15, -0.1) is 0 Å². The zero-order valence-corrected chi connectivity index (χ0v) is 12.0. The number of amides is 1. The van der Waals surface area contributed by atoms with Crippen molar-refractivity contribution in [3.8, 4) is 11.8 Å². The van der Waals surface area contributed by atoms with E-state index >= 15 is 0 Å². The van der Waals surface area contributed by atoms with Crippen LogP contribution in [0.3, 0.4) is 0 Å². The van der Waals surface area contributed by atoms with Gasteiger partial charge in [0, 0.05) is 11.8 Å². The number of hydrogen-bond acceptors (Lipinski definition) is 4. The van der Waals surface area contributed by atoms with Crippen molar-refractivity contribution >= 4 is 17.7 Å². The van der Waals surface area contributed by atoms with Gasteiger partial charge in [0.05, 0.1) is 5.56 Å². The minimum atomic E-state index is -0.169. The fourth-order valence-electron chi connectivity index (χ4n) is 1.48. The van der Waals surface area contributed by atoms with E-state index in [4.69, 9.17) is 10.00 Å². The number of para-hydroxylation sites is 1. The third kappa shape index (κ3) is 5.66. The van der Waals surface area contributed by atoms with Crippen molar-refractivity contribution in [1.82, 2.24) is 5.32 Å². The van der Waals surface area contributed by atoms with Crippen molar-refractivity contribution in [3.05, 3.63) is 29.8 Å². The summed E-state index contributed by atoms with van der Waals surface area (Å²) in [5.41, 5.74) is 0.435. The molecule has 0 aliphatic heterocycles. The lowest BCUT2D eigenvalue weighted by Gasteiger charge is -2.13. The van der Waals surface area contributed by atoms with Gasteiger partial charge in [-0.3, -0.25) is 4.79 Å². The molecule has 4 nitrogen and oxygen atoms in total. The molecule has 1 N–H and O–H groups in total. The SMILES string of the molecule is CCSCC(C)NC(=O)COc1ccccc1C#N.